The summed E-state index contributed by atoms with van der Waals surface area (Å²) in [4.78, 5) is 60.7. The van der Waals surface area contributed by atoms with Crippen LogP contribution in [-0.2, 0) is 42.9 Å². The molecule has 206 valence electrons. The quantitative estimate of drug-likeness (QED) is 0.201. The number of hydrogen-bond donors (Lipinski definition) is 0. The second-order valence-electron chi connectivity index (χ2n) is 8.69. The maximum Gasteiger partial charge on any atom is 0.339 e. The van der Waals surface area contributed by atoms with Crippen molar-refractivity contribution in [2.75, 3.05) is 6.61 Å². The third-order valence-electron chi connectivity index (χ3n) is 5.55. The normalized spacial score (nSPS) is 22.8. The van der Waals surface area contributed by atoms with Gasteiger partial charge in [-0.05, 0) is 31.0 Å². The first-order chi connectivity index (χ1) is 18.0. The number of carbonyl (C=O) groups is 4. The Balaban J connectivity index is 2.04. The lowest BCUT2D eigenvalue weighted by atomic mass is 9.97. The Hall–Kier alpha value is -3.93. The zero-order chi connectivity index (χ0) is 28.0. The first-order valence-electron chi connectivity index (χ1n) is 12.0. The van der Waals surface area contributed by atoms with E-state index in [4.69, 9.17) is 32.8 Å². The second kappa shape index (κ2) is 12.5. The number of ether oxygens (including phenoxy) is 6. The molecule has 0 radical (unpaired) electrons. The van der Waals surface area contributed by atoms with Crippen LogP contribution >= 0.6 is 0 Å². The van der Waals surface area contributed by atoms with E-state index < -0.39 is 60.2 Å². The molecule has 0 N–H and O–H groups in total. The Bertz CT molecular complexity index is 1250. The van der Waals surface area contributed by atoms with Gasteiger partial charge in [0.25, 0.3) is 0 Å². The van der Waals surface area contributed by atoms with Gasteiger partial charge in [-0.25, -0.2) is 9.59 Å². The maximum atomic E-state index is 13.0. The van der Waals surface area contributed by atoms with Gasteiger partial charge in [0.1, 0.15) is 11.3 Å². The Morgan fingerprint density at radius 3 is 2.16 bits per heavy atom. The number of carbonyl (C=O) groups excluding carboxylic acids is 4. The molecule has 3 rings (SSSR count). The first kappa shape index (κ1) is 28.6. The molecule has 2 aromatic rings. The zero-order valence-corrected chi connectivity index (χ0v) is 21.7. The van der Waals surface area contributed by atoms with Crippen LogP contribution in [0.15, 0.2) is 33.5 Å². The molecule has 1 aromatic carbocycles. The van der Waals surface area contributed by atoms with Crippen molar-refractivity contribution >= 4 is 34.8 Å². The highest BCUT2D eigenvalue weighted by molar-refractivity contribution is 5.81. The molecule has 0 saturated carbocycles. The average molecular weight is 535 g/mol. The lowest BCUT2D eigenvalue weighted by molar-refractivity contribution is -0.283. The lowest BCUT2D eigenvalue weighted by Crippen LogP contribution is -2.64. The molecule has 1 aromatic heterocycles. The van der Waals surface area contributed by atoms with E-state index in [1.165, 1.54) is 12.1 Å². The highest BCUT2D eigenvalue weighted by Crippen LogP contribution is 2.32. The molecule has 12 nitrogen and oxygen atoms in total. The van der Waals surface area contributed by atoms with Crippen LogP contribution in [0.5, 0.6) is 5.75 Å². The summed E-state index contributed by atoms with van der Waals surface area (Å²) in [6, 6.07) is 5.97. The zero-order valence-electron chi connectivity index (χ0n) is 21.7. The number of hydrogen-bond acceptors (Lipinski definition) is 12. The summed E-state index contributed by atoms with van der Waals surface area (Å²) in [5, 5.41) is 0.656. The molecule has 1 saturated heterocycles. The summed E-state index contributed by atoms with van der Waals surface area (Å²) in [6.45, 7) is 7.03. The van der Waals surface area contributed by atoms with E-state index in [2.05, 4.69) is 0 Å². The number of esters is 4. The van der Waals surface area contributed by atoms with Gasteiger partial charge in [0.2, 0.25) is 12.4 Å². The average Bonchev–Trinajstić information content (AvgIpc) is 2.81. The van der Waals surface area contributed by atoms with Crippen molar-refractivity contribution in [3.05, 3.63) is 40.2 Å². The summed E-state index contributed by atoms with van der Waals surface area (Å²) in [6.07, 6.45) is -6.23. The van der Waals surface area contributed by atoms with Gasteiger partial charge in [-0.3, -0.25) is 14.4 Å². The van der Waals surface area contributed by atoms with E-state index in [1.54, 1.807) is 19.1 Å². The van der Waals surface area contributed by atoms with Crippen molar-refractivity contribution in [1.29, 1.82) is 0 Å². The minimum Gasteiger partial charge on any atom is -0.464 e. The van der Waals surface area contributed by atoms with Crippen molar-refractivity contribution in [3.8, 4) is 5.75 Å². The third kappa shape index (κ3) is 7.09. The summed E-state index contributed by atoms with van der Waals surface area (Å²) < 4.78 is 38.3. The molecule has 12 heteroatoms. The van der Waals surface area contributed by atoms with Crippen LogP contribution in [0.3, 0.4) is 0 Å². The van der Waals surface area contributed by atoms with Crippen LogP contribution in [-0.4, -0.2) is 61.2 Å². The molecule has 5 atom stereocenters. The number of unbranched alkanes of at least 4 members (excludes halogenated alkanes) is 1. The van der Waals surface area contributed by atoms with E-state index in [0.717, 1.165) is 27.2 Å². The highest BCUT2D eigenvalue weighted by atomic mass is 16.7. The molecule has 1 fully saturated rings. The fourth-order valence-corrected chi connectivity index (χ4v) is 3.97. The lowest BCUT2D eigenvalue weighted by Gasteiger charge is -2.43. The fraction of sp³-hybridized carbons (Fsp3) is 0.500. The van der Waals surface area contributed by atoms with Crippen LogP contribution in [0.4, 0.5) is 0 Å². The van der Waals surface area contributed by atoms with Crippen molar-refractivity contribution < 1.29 is 52.0 Å². The summed E-state index contributed by atoms with van der Waals surface area (Å²) in [5.41, 5.74) is 0.341. The molecule has 1 aliphatic rings. The first-order valence-corrected chi connectivity index (χ1v) is 12.0. The number of rotatable bonds is 9. The number of benzene rings is 1. The van der Waals surface area contributed by atoms with Crippen LogP contribution in [0.2, 0.25) is 0 Å². The summed E-state index contributed by atoms with van der Waals surface area (Å²) in [5.74, 6) is -3.15. The van der Waals surface area contributed by atoms with Crippen LogP contribution < -0.4 is 10.4 Å². The van der Waals surface area contributed by atoms with Crippen molar-refractivity contribution in [2.45, 2.75) is 78.2 Å². The maximum absolute atomic E-state index is 13.0. The smallest absolute Gasteiger partial charge is 0.339 e. The van der Waals surface area contributed by atoms with Gasteiger partial charge >= 0.3 is 29.5 Å². The SMILES string of the molecule is CCCCOC(=O)C1O[C@@H](Oc2ccc3c(C)cc(=O)oc3c2)C(OC(C)=O)C(OC(C)=O)[C@@H]1OC(C)=O. The molecular weight excluding hydrogens is 504 g/mol. The van der Waals surface area contributed by atoms with E-state index in [0.29, 0.717) is 17.4 Å². The van der Waals surface area contributed by atoms with E-state index in [-0.39, 0.29) is 17.9 Å². The second-order valence-corrected chi connectivity index (χ2v) is 8.69. The third-order valence-corrected chi connectivity index (χ3v) is 5.55. The monoisotopic (exact) mass is 534 g/mol. The van der Waals surface area contributed by atoms with Crippen LogP contribution in [0.25, 0.3) is 11.0 Å². The minimum atomic E-state index is -1.59. The Kier molecular flexibility index (Phi) is 9.45. The van der Waals surface area contributed by atoms with Gasteiger partial charge in [0.05, 0.1) is 6.61 Å². The molecule has 0 amide bonds. The number of aryl methyl sites for hydroxylation is 1. The molecule has 3 unspecified atom stereocenters. The molecule has 0 aliphatic carbocycles. The molecule has 0 bridgehead atoms. The van der Waals surface area contributed by atoms with Crippen LogP contribution in [0, 0.1) is 6.92 Å². The number of fused-ring (bicyclic) bond motifs is 1. The minimum absolute atomic E-state index is 0.0716. The molecule has 2 heterocycles. The van der Waals surface area contributed by atoms with Gasteiger partial charge in [-0.2, -0.15) is 0 Å². The van der Waals surface area contributed by atoms with E-state index in [9.17, 15) is 24.0 Å². The molecular formula is C26H30O12. The molecule has 0 spiro atoms. The molecule has 1 aliphatic heterocycles. The highest BCUT2D eigenvalue weighted by Gasteiger charge is 2.56. The predicted molar refractivity (Wildman–Crippen MR) is 129 cm³/mol. The summed E-state index contributed by atoms with van der Waals surface area (Å²) >= 11 is 0. The fourth-order valence-electron chi connectivity index (χ4n) is 3.97. The Labute approximate surface area is 218 Å². The van der Waals surface area contributed by atoms with Gasteiger partial charge in [0.15, 0.2) is 18.3 Å². The van der Waals surface area contributed by atoms with Gasteiger partial charge in [-0.15, -0.1) is 0 Å². The Morgan fingerprint density at radius 2 is 1.53 bits per heavy atom. The topological polar surface area (TPSA) is 154 Å². The molecule has 38 heavy (non-hydrogen) atoms. The predicted octanol–water partition coefficient (Wildman–Crippen LogP) is 2.34. The van der Waals surface area contributed by atoms with Crippen molar-refractivity contribution in [1.82, 2.24) is 0 Å². The largest absolute Gasteiger partial charge is 0.464 e. The Morgan fingerprint density at radius 1 is 0.895 bits per heavy atom. The standard InChI is InChI=1S/C26H30O12/c1-6-7-10-32-25(31)23-21(33-14(3)27)22(34-15(4)28)24(35-16(5)29)26(38-23)36-17-8-9-18-13(2)11-20(30)37-19(18)12-17/h8-9,11-12,21-24,26H,6-7,10H2,1-5H3/t21-,22?,23?,24?,26+/m0/s1. The summed E-state index contributed by atoms with van der Waals surface area (Å²) in [7, 11) is 0. The van der Waals surface area contributed by atoms with Crippen LogP contribution in [0.1, 0.15) is 46.1 Å². The van der Waals surface area contributed by atoms with Crippen molar-refractivity contribution in [3.63, 3.8) is 0 Å². The van der Waals surface area contributed by atoms with Gasteiger partial charge in [-0.1, -0.05) is 13.3 Å². The van der Waals surface area contributed by atoms with Gasteiger partial charge in [0, 0.05) is 38.3 Å². The van der Waals surface area contributed by atoms with Gasteiger partial charge < -0.3 is 32.8 Å². The van der Waals surface area contributed by atoms with Crippen molar-refractivity contribution in [2.24, 2.45) is 0 Å². The van der Waals surface area contributed by atoms with E-state index >= 15 is 0 Å². The van der Waals surface area contributed by atoms with E-state index in [1.807, 2.05) is 6.92 Å².